The zero-order chi connectivity index (χ0) is 33.2. The smallest absolute Gasteiger partial charge is 0.335 e. The molecule has 0 aliphatic carbocycles. The number of carbonyl (C=O) groups is 1. The number of H-pyrrole nitrogens is 1. The molecule has 1 atom stereocenters. The third-order valence-electron chi connectivity index (χ3n) is 8.67. The van der Waals surface area contributed by atoms with Crippen LogP contribution in [0.1, 0.15) is 74.0 Å². The second-order valence-electron chi connectivity index (χ2n) is 13.2. The van der Waals surface area contributed by atoms with Gasteiger partial charge in [0, 0.05) is 18.0 Å². The first-order valence-corrected chi connectivity index (χ1v) is 19.0. The Morgan fingerprint density at radius 1 is 0.891 bits per heavy atom. The van der Waals surface area contributed by atoms with Gasteiger partial charge in [-0.05, 0) is 85.0 Å². The minimum atomic E-state index is -2.14. The van der Waals surface area contributed by atoms with Crippen molar-refractivity contribution in [3.63, 3.8) is 0 Å². The summed E-state index contributed by atoms with van der Waals surface area (Å²) < 4.78 is 19.0. The molecule has 3 N–H and O–H groups in total. The van der Waals surface area contributed by atoms with Gasteiger partial charge < -0.3 is 29.3 Å². The number of aromatic amines is 1. The number of nitrogens with one attached hydrogen (secondary N) is 2. The molecule has 0 spiro atoms. The molecule has 0 amide bonds. The van der Waals surface area contributed by atoms with E-state index < -0.39 is 14.3 Å². The summed E-state index contributed by atoms with van der Waals surface area (Å²) in [4.78, 5) is 26.4. The van der Waals surface area contributed by atoms with Crippen LogP contribution in [-0.2, 0) is 11.0 Å². The Balaban J connectivity index is 1.37. The number of hydrogen-bond donors (Lipinski definition) is 3. The van der Waals surface area contributed by atoms with Gasteiger partial charge in [-0.15, -0.1) is 0 Å². The van der Waals surface area contributed by atoms with Crippen LogP contribution < -0.4 is 20.3 Å². The summed E-state index contributed by atoms with van der Waals surface area (Å²) in [5.74, 6) is 0.386. The number of carboxylic acids is 1. The molecule has 9 heteroatoms. The van der Waals surface area contributed by atoms with Crippen molar-refractivity contribution in [1.29, 1.82) is 0 Å². The minimum Gasteiger partial charge on any atom is -0.494 e. The van der Waals surface area contributed by atoms with Gasteiger partial charge in [0.05, 0.1) is 23.8 Å². The number of benzene rings is 3. The van der Waals surface area contributed by atoms with Gasteiger partial charge in [-0.2, -0.15) is 0 Å². The molecule has 0 saturated heterocycles. The summed E-state index contributed by atoms with van der Waals surface area (Å²) in [6.07, 6.45) is 3.88. The van der Waals surface area contributed by atoms with Crippen LogP contribution in [0.25, 0.3) is 10.9 Å². The zero-order valence-electron chi connectivity index (χ0n) is 27.7. The molecule has 8 nitrogen and oxygen atoms in total. The molecule has 0 aliphatic heterocycles. The van der Waals surface area contributed by atoms with Gasteiger partial charge in [0.15, 0.2) is 8.32 Å². The summed E-state index contributed by atoms with van der Waals surface area (Å²) in [5.41, 5.74) is 2.86. The standard InChI is InChI=1S/C37H48N2O6Si/c1-37(2,3)46(4,5)45-33(25-38-23-11-6-7-12-24-43-29-17-15-28(16-18-29)36(41)42)30-19-21-32(35-31(30)20-22-34(40)39-35)44-26-27-13-9-8-10-14-27/h8-10,13-22,33,38H,6-7,11-12,23-26H2,1-5H3,(H,39,40)(H,41,42)/t33-/m0/s1. The SMILES string of the molecule is CC(C)(C)[Si](C)(C)O[C@@H](CNCCCCCCOc1ccc(C(=O)O)cc1)c1ccc(OCc2ccccc2)c2[nH]c(=O)ccc12. The highest BCUT2D eigenvalue weighted by Crippen LogP contribution is 2.41. The van der Waals surface area contributed by atoms with Crippen LogP contribution in [0.3, 0.4) is 0 Å². The first kappa shape index (κ1) is 34.9. The number of pyridine rings is 1. The van der Waals surface area contributed by atoms with Crippen molar-refractivity contribution in [1.82, 2.24) is 10.3 Å². The summed E-state index contributed by atoms with van der Waals surface area (Å²) in [5, 5.41) is 13.6. The molecular formula is C37H48N2O6Si. The average Bonchev–Trinajstić information content (AvgIpc) is 3.02. The highest BCUT2D eigenvalue weighted by atomic mass is 28.4. The Hall–Kier alpha value is -3.92. The summed E-state index contributed by atoms with van der Waals surface area (Å²) in [7, 11) is -2.14. The van der Waals surface area contributed by atoms with E-state index in [0.29, 0.717) is 36.8 Å². The van der Waals surface area contributed by atoms with Crippen LogP contribution in [0.2, 0.25) is 18.1 Å². The number of fused-ring (bicyclic) bond motifs is 1. The number of aromatic carboxylic acids is 1. The maximum absolute atomic E-state index is 12.4. The Labute approximate surface area is 273 Å². The van der Waals surface area contributed by atoms with Crippen LogP contribution in [-0.4, -0.2) is 44.1 Å². The van der Waals surface area contributed by atoms with Crippen LogP contribution in [0.4, 0.5) is 0 Å². The van der Waals surface area contributed by atoms with Crippen LogP contribution >= 0.6 is 0 Å². The van der Waals surface area contributed by atoms with E-state index in [2.05, 4.69) is 50.2 Å². The number of aromatic nitrogens is 1. The number of carboxylic acid groups (broad SMARTS) is 1. The van der Waals surface area contributed by atoms with Crippen molar-refractivity contribution in [2.24, 2.45) is 0 Å². The van der Waals surface area contributed by atoms with E-state index in [1.807, 2.05) is 42.5 Å². The fourth-order valence-corrected chi connectivity index (χ4v) is 6.23. The van der Waals surface area contributed by atoms with Gasteiger partial charge in [-0.1, -0.05) is 70.0 Å². The number of hydrogen-bond acceptors (Lipinski definition) is 6. The molecular weight excluding hydrogens is 597 g/mol. The quantitative estimate of drug-likeness (QED) is 0.0787. The lowest BCUT2D eigenvalue weighted by Gasteiger charge is -2.39. The van der Waals surface area contributed by atoms with E-state index in [-0.39, 0.29) is 22.3 Å². The molecule has 0 fully saturated rings. The van der Waals surface area contributed by atoms with E-state index in [9.17, 15) is 9.59 Å². The lowest BCUT2D eigenvalue weighted by Crippen LogP contribution is -2.43. The molecule has 246 valence electrons. The molecule has 4 rings (SSSR count). The zero-order valence-corrected chi connectivity index (χ0v) is 28.7. The molecule has 0 radical (unpaired) electrons. The van der Waals surface area contributed by atoms with E-state index >= 15 is 0 Å². The van der Waals surface area contributed by atoms with Gasteiger partial charge >= 0.3 is 5.97 Å². The summed E-state index contributed by atoms with van der Waals surface area (Å²) >= 11 is 0. The Kier molecular flexibility index (Phi) is 12.2. The summed E-state index contributed by atoms with van der Waals surface area (Å²) in [6.45, 7) is 13.8. The van der Waals surface area contributed by atoms with E-state index in [1.165, 1.54) is 0 Å². The van der Waals surface area contributed by atoms with Crippen molar-refractivity contribution in [3.8, 4) is 11.5 Å². The van der Waals surface area contributed by atoms with Crippen LogP contribution in [0.15, 0.2) is 83.7 Å². The molecule has 1 heterocycles. The average molecular weight is 645 g/mol. The van der Waals surface area contributed by atoms with Crippen molar-refractivity contribution in [2.45, 2.75) is 77.3 Å². The van der Waals surface area contributed by atoms with Gasteiger partial charge in [0.1, 0.15) is 18.1 Å². The number of unbranched alkanes of at least 4 members (excludes halogenated alkanes) is 3. The first-order valence-electron chi connectivity index (χ1n) is 16.1. The molecule has 3 aromatic carbocycles. The largest absolute Gasteiger partial charge is 0.494 e. The lowest BCUT2D eigenvalue weighted by atomic mass is 10.0. The molecule has 0 aliphatic rings. The Morgan fingerprint density at radius 3 is 2.30 bits per heavy atom. The lowest BCUT2D eigenvalue weighted by molar-refractivity contribution is 0.0697. The normalized spacial score (nSPS) is 12.6. The topological polar surface area (TPSA) is 110 Å². The van der Waals surface area contributed by atoms with Crippen LogP contribution in [0.5, 0.6) is 11.5 Å². The highest BCUT2D eigenvalue weighted by Gasteiger charge is 2.39. The molecule has 4 aromatic rings. The van der Waals surface area contributed by atoms with E-state index in [0.717, 1.165) is 48.7 Å². The number of ether oxygens (including phenoxy) is 2. The molecule has 46 heavy (non-hydrogen) atoms. The first-order chi connectivity index (χ1) is 21.9. The molecule has 0 saturated carbocycles. The predicted octanol–water partition coefficient (Wildman–Crippen LogP) is 8.10. The molecule has 0 unspecified atom stereocenters. The predicted molar refractivity (Wildman–Crippen MR) is 187 cm³/mol. The molecule has 1 aromatic heterocycles. The highest BCUT2D eigenvalue weighted by molar-refractivity contribution is 6.74. The third kappa shape index (κ3) is 9.79. The number of rotatable bonds is 17. The Bertz CT molecular complexity index is 1610. The third-order valence-corrected chi connectivity index (χ3v) is 13.2. The second-order valence-corrected chi connectivity index (χ2v) is 18.0. The minimum absolute atomic E-state index is 0.0362. The fourth-order valence-electron chi connectivity index (χ4n) is 4.95. The fraction of sp³-hybridized carbons (Fsp3) is 0.405. The van der Waals surface area contributed by atoms with Gasteiger partial charge in [0.25, 0.3) is 0 Å². The molecule has 0 bridgehead atoms. The van der Waals surface area contributed by atoms with Gasteiger partial charge in [-0.3, -0.25) is 4.79 Å². The van der Waals surface area contributed by atoms with E-state index in [4.69, 9.17) is 19.0 Å². The second kappa shape index (κ2) is 16.1. The van der Waals surface area contributed by atoms with Crippen molar-refractivity contribution < 1.29 is 23.8 Å². The Morgan fingerprint density at radius 2 is 1.61 bits per heavy atom. The van der Waals surface area contributed by atoms with Gasteiger partial charge in [-0.25, -0.2) is 4.79 Å². The summed E-state index contributed by atoms with van der Waals surface area (Å²) in [6, 6.07) is 24.0. The van der Waals surface area contributed by atoms with E-state index in [1.54, 1.807) is 30.3 Å². The maximum Gasteiger partial charge on any atom is 0.335 e. The van der Waals surface area contributed by atoms with Crippen molar-refractivity contribution in [3.05, 3.63) is 106 Å². The van der Waals surface area contributed by atoms with Crippen molar-refractivity contribution >= 4 is 25.2 Å². The van der Waals surface area contributed by atoms with Crippen LogP contribution in [0, 0.1) is 0 Å². The van der Waals surface area contributed by atoms with Crippen molar-refractivity contribution in [2.75, 3.05) is 19.7 Å². The van der Waals surface area contributed by atoms with Gasteiger partial charge in [0.2, 0.25) is 5.56 Å². The monoisotopic (exact) mass is 644 g/mol. The maximum atomic E-state index is 12.4.